The number of aliphatic hydroxyl groups excluding tert-OH is 1. The summed E-state index contributed by atoms with van der Waals surface area (Å²) in [5.74, 6) is -0.104. The van der Waals surface area contributed by atoms with Crippen LogP contribution in [0.1, 0.15) is 12.5 Å². The highest BCUT2D eigenvalue weighted by atomic mass is 31.2. The third-order valence-electron chi connectivity index (χ3n) is 8.11. The van der Waals surface area contributed by atoms with E-state index in [4.69, 9.17) is 58.9 Å². The summed E-state index contributed by atoms with van der Waals surface area (Å²) in [6.07, 6.45) is -5.14. The van der Waals surface area contributed by atoms with Gasteiger partial charge in [0.2, 0.25) is 21.1 Å². The Morgan fingerprint density at radius 1 is 0.957 bits per heavy atom. The van der Waals surface area contributed by atoms with E-state index in [1.54, 1.807) is 0 Å². The molecule has 4 saturated heterocycles. The van der Waals surface area contributed by atoms with Crippen LogP contribution in [0.3, 0.4) is 0 Å². The largest absolute Gasteiger partial charge is 0.387 e. The van der Waals surface area contributed by atoms with E-state index >= 15 is 0 Å². The molecule has 8 rings (SSSR count). The molecular weight excluding hydrogens is 652 g/mol. The number of imidazole rings is 2. The van der Waals surface area contributed by atoms with Crippen molar-refractivity contribution in [3.05, 3.63) is 29.3 Å². The van der Waals surface area contributed by atoms with Crippen LogP contribution in [-0.4, -0.2) is 115 Å². The van der Waals surface area contributed by atoms with E-state index in [0.29, 0.717) is 11.2 Å². The molecule has 25 heteroatoms. The Hall–Kier alpha value is -3.23. The molecule has 4 aromatic heterocycles. The second-order valence-electron chi connectivity index (χ2n) is 11.0. The minimum Gasteiger partial charge on any atom is -0.387 e. The zero-order chi connectivity index (χ0) is 32.2. The number of nitrogens with two attached hydrogens (primary N) is 2. The highest BCUT2D eigenvalue weighted by Gasteiger charge is 2.65. The molecule has 0 amide bonds. The normalized spacial score (nSPS) is 39.6. The predicted molar refractivity (Wildman–Crippen MR) is 153 cm³/mol. The van der Waals surface area contributed by atoms with Crippen molar-refractivity contribution in [3.63, 3.8) is 0 Å². The van der Waals surface area contributed by atoms with Crippen LogP contribution in [-0.2, 0) is 41.4 Å². The molecular formula is C21H22B2N10O11P2. The lowest BCUT2D eigenvalue weighted by molar-refractivity contribution is -0.183. The second kappa shape index (κ2) is 10.4. The van der Waals surface area contributed by atoms with Crippen molar-refractivity contribution in [2.24, 2.45) is 0 Å². The van der Waals surface area contributed by atoms with Crippen molar-refractivity contribution in [1.82, 2.24) is 39.0 Å². The van der Waals surface area contributed by atoms with Gasteiger partial charge in [-0.1, -0.05) is 0 Å². The minimum absolute atomic E-state index is 0.0457. The summed E-state index contributed by atoms with van der Waals surface area (Å²) in [5, 5.41) is 11.2. The molecule has 4 radical (unpaired) electrons. The first-order valence-corrected chi connectivity index (χ1v) is 16.8. The second-order valence-corrected chi connectivity index (χ2v) is 14.1. The van der Waals surface area contributed by atoms with Crippen LogP contribution in [0.25, 0.3) is 22.3 Å². The molecule has 46 heavy (non-hydrogen) atoms. The van der Waals surface area contributed by atoms with Gasteiger partial charge in [-0.05, 0) is 0 Å². The highest BCUT2D eigenvalue weighted by molar-refractivity contribution is 7.79. The van der Waals surface area contributed by atoms with Crippen molar-refractivity contribution in [2.45, 2.75) is 48.6 Å². The Balaban J connectivity index is 1.14. The fraction of sp³-hybridized carbons (Fsp3) is 0.524. The van der Waals surface area contributed by atoms with Crippen molar-refractivity contribution in [2.75, 3.05) is 31.3 Å². The summed E-state index contributed by atoms with van der Waals surface area (Å²) in [5.41, 5.74) is 9.85. The van der Waals surface area contributed by atoms with Crippen molar-refractivity contribution in [1.29, 1.82) is 0 Å². The van der Waals surface area contributed by atoms with E-state index in [1.165, 1.54) is 28.1 Å². The molecule has 4 aliphatic heterocycles. The van der Waals surface area contributed by atoms with Crippen LogP contribution in [0, 0.1) is 0 Å². The number of nitrogen functional groups attached to an aromatic ring is 2. The van der Waals surface area contributed by atoms with Crippen LogP contribution in [0.5, 0.6) is 0 Å². The van der Waals surface area contributed by atoms with Crippen molar-refractivity contribution in [3.8, 4) is 0 Å². The van der Waals surface area contributed by atoms with E-state index in [0.717, 1.165) is 0 Å². The fourth-order valence-corrected chi connectivity index (χ4v) is 8.09. The molecule has 0 aromatic carbocycles. The topological polar surface area (TPSA) is 278 Å². The van der Waals surface area contributed by atoms with Crippen molar-refractivity contribution >= 4 is 64.2 Å². The maximum absolute atomic E-state index is 13.6. The van der Waals surface area contributed by atoms with Gasteiger partial charge < -0.3 is 48.9 Å². The van der Waals surface area contributed by atoms with E-state index in [-0.39, 0.29) is 29.5 Å². The van der Waals surface area contributed by atoms with Crippen LogP contribution >= 0.6 is 14.9 Å². The lowest BCUT2D eigenvalue weighted by Crippen LogP contribution is -2.46. The first-order chi connectivity index (χ1) is 21.8. The molecule has 21 nitrogen and oxygen atoms in total. The monoisotopic (exact) mass is 674 g/mol. The first kappa shape index (κ1) is 30.1. The fourth-order valence-electron chi connectivity index (χ4n) is 6.02. The molecule has 0 saturated carbocycles. The van der Waals surface area contributed by atoms with Gasteiger partial charge in [0, 0.05) is 0 Å². The standard InChI is InChI=1S/C21H22B2N10O11P2/c22-45(36)39-1-7-10(34)11(18(41-7)33-6-29-9-16(33)30-20(25)31-17(9)35)43-46(23,37)40-3-21-2-38-12(13(21)44-45)19(42-21)32-5-28-8-14(24)26-4-27-15(8)32/h4-7,10-13,18-19,34H,1-3H2,(H2,24,26,27)(H3,25,30,31,35)/t7?,10?,11?,12?,13?,18?,19?,21?,45-,46-/m1/s1. The van der Waals surface area contributed by atoms with Gasteiger partial charge in [0.25, 0.3) is 20.5 Å². The summed E-state index contributed by atoms with van der Waals surface area (Å²) < 4.78 is 70.7. The van der Waals surface area contributed by atoms with E-state index in [1.807, 2.05) is 0 Å². The number of fused-ring (bicyclic) bond motifs is 4. The van der Waals surface area contributed by atoms with Crippen molar-refractivity contribution < 1.29 is 46.5 Å². The Bertz CT molecular complexity index is 2030. The van der Waals surface area contributed by atoms with Gasteiger partial charge in [0.1, 0.15) is 48.0 Å². The van der Waals surface area contributed by atoms with Crippen LogP contribution in [0.2, 0.25) is 0 Å². The smallest absolute Gasteiger partial charge is 0.280 e. The van der Waals surface area contributed by atoms with Gasteiger partial charge in [-0.25, -0.2) is 19.9 Å². The average molecular weight is 674 g/mol. The molecule has 0 spiro atoms. The number of nitrogens with one attached hydrogen (secondary N) is 1. The number of aliphatic hydroxyl groups is 1. The highest BCUT2D eigenvalue weighted by Crippen LogP contribution is 2.58. The summed E-state index contributed by atoms with van der Waals surface area (Å²) in [6.45, 7) is -1.37. The summed E-state index contributed by atoms with van der Waals surface area (Å²) >= 11 is 0. The van der Waals surface area contributed by atoms with Gasteiger partial charge in [0.05, 0.1) is 32.5 Å². The van der Waals surface area contributed by atoms with Gasteiger partial charge >= 0.3 is 0 Å². The predicted octanol–water partition coefficient (Wildman–Crippen LogP) is -1.58. The van der Waals surface area contributed by atoms with Gasteiger partial charge in [0.15, 0.2) is 35.1 Å². The van der Waals surface area contributed by atoms with E-state index < -0.39 is 82.3 Å². The van der Waals surface area contributed by atoms with E-state index in [2.05, 4.69) is 29.9 Å². The SMILES string of the molecule is [B][P@@]1(=O)OCC23COC(C(n4cnc5c(N)ncnc54)O2)C3O[P@]([B])(=O)OCC2OC(n3cnc4c(=O)[nH]c(N)nc43)C(O1)C2O. The summed E-state index contributed by atoms with van der Waals surface area (Å²) in [6, 6.07) is 0. The number of aromatic nitrogens is 8. The average Bonchev–Trinajstić information content (AvgIpc) is 3.80. The van der Waals surface area contributed by atoms with Crippen LogP contribution in [0.15, 0.2) is 23.8 Å². The third-order valence-corrected chi connectivity index (χ3v) is 10.2. The molecule has 0 aliphatic carbocycles. The summed E-state index contributed by atoms with van der Waals surface area (Å²) in [4.78, 5) is 35.2. The van der Waals surface area contributed by atoms with Gasteiger partial charge in [-0.3, -0.25) is 28.0 Å². The maximum atomic E-state index is 13.6. The number of hydrogen-bond acceptors (Lipinski definition) is 18. The zero-order valence-corrected chi connectivity index (χ0v) is 25.0. The number of H-pyrrole nitrogens is 1. The summed E-state index contributed by atoms with van der Waals surface area (Å²) in [7, 11) is 3.03. The molecule has 8 unspecified atom stereocenters. The maximum Gasteiger partial charge on any atom is 0.280 e. The first-order valence-electron chi connectivity index (χ1n) is 13.6. The molecule has 4 fully saturated rings. The lowest BCUT2D eigenvalue weighted by atomic mass is 10.0. The number of anilines is 2. The quantitative estimate of drug-likeness (QED) is 0.138. The van der Waals surface area contributed by atoms with Crippen LogP contribution in [0.4, 0.5) is 11.8 Å². The molecule has 238 valence electrons. The number of hydrogen-bond donors (Lipinski definition) is 4. The Kier molecular flexibility index (Phi) is 6.80. The molecule has 10 atom stereocenters. The van der Waals surface area contributed by atoms with Gasteiger partial charge in [-0.15, -0.1) is 0 Å². The molecule has 4 aliphatic rings. The number of ether oxygens (including phenoxy) is 3. The Morgan fingerprint density at radius 2 is 1.70 bits per heavy atom. The molecule has 4 aromatic rings. The van der Waals surface area contributed by atoms with E-state index in [9.17, 15) is 19.0 Å². The lowest BCUT2D eigenvalue weighted by Gasteiger charge is -2.33. The number of nitrogens with zero attached hydrogens (tertiary/aromatic N) is 7. The Labute approximate surface area is 259 Å². The van der Waals surface area contributed by atoms with Crippen LogP contribution < -0.4 is 17.0 Å². The number of rotatable bonds is 2. The minimum atomic E-state index is -4.57. The molecule has 4 bridgehead atoms. The molecule has 8 heterocycles. The molecule has 6 N–H and O–H groups in total. The third kappa shape index (κ3) is 4.73. The number of aromatic amines is 1. The Morgan fingerprint density at radius 3 is 2.50 bits per heavy atom. The van der Waals surface area contributed by atoms with Gasteiger partial charge in [-0.2, -0.15) is 4.98 Å². The zero-order valence-electron chi connectivity index (χ0n) is 23.3.